The lowest BCUT2D eigenvalue weighted by molar-refractivity contribution is -0.130. The molecule has 2 aromatic rings. The molecule has 0 radical (unpaired) electrons. The number of amides is 3. The molecule has 3 atom stereocenters. The Morgan fingerprint density at radius 1 is 1.12 bits per heavy atom. The van der Waals surface area contributed by atoms with E-state index in [4.69, 9.17) is 5.73 Å². The largest absolute Gasteiger partial charge is 0.354 e. The summed E-state index contributed by atoms with van der Waals surface area (Å²) in [5.74, 6) is -0.254. The minimum atomic E-state index is -0.760. The number of nitrogens with zero attached hydrogens (tertiary/aromatic N) is 2. The van der Waals surface area contributed by atoms with Gasteiger partial charge in [0.15, 0.2) is 0 Å². The molecule has 6 N–H and O–H groups in total. The zero-order chi connectivity index (χ0) is 30.0. The minimum Gasteiger partial charge on any atom is -0.354 e. The van der Waals surface area contributed by atoms with Gasteiger partial charge in [-0.1, -0.05) is 55.8 Å². The van der Waals surface area contributed by atoms with Crippen LogP contribution in [-0.2, 0) is 14.4 Å². The highest BCUT2D eigenvalue weighted by atomic mass is 79.9. The maximum absolute atomic E-state index is 12.8. The van der Waals surface area contributed by atoms with E-state index in [0.717, 1.165) is 15.4 Å². The fourth-order valence-electron chi connectivity index (χ4n) is 3.83. The average Bonchev–Trinajstić information content (AvgIpc) is 2.89. The molecule has 0 fully saturated rings. The Hall–Kier alpha value is -3.02. The molecule has 10 nitrogen and oxygen atoms in total. The van der Waals surface area contributed by atoms with Gasteiger partial charge in [0.05, 0.1) is 17.6 Å². The predicted molar refractivity (Wildman–Crippen MR) is 164 cm³/mol. The van der Waals surface area contributed by atoms with Gasteiger partial charge in [0.2, 0.25) is 11.8 Å². The Morgan fingerprint density at radius 3 is 2.45 bits per heavy atom. The number of halogens is 1. The van der Waals surface area contributed by atoms with Crippen molar-refractivity contribution in [2.75, 3.05) is 25.1 Å². The topological polar surface area (TPSA) is 141 Å². The monoisotopic (exact) mass is 617 g/mol. The van der Waals surface area contributed by atoms with E-state index in [2.05, 4.69) is 48.9 Å². The first-order valence-corrected chi connectivity index (χ1v) is 14.3. The molecule has 11 heteroatoms. The summed E-state index contributed by atoms with van der Waals surface area (Å²) < 4.78 is 0.919. The summed E-state index contributed by atoms with van der Waals surface area (Å²) in [4.78, 5) is 42.5. The third-order valence-electron chi connectivity index (χ3n) is 6.62. The van der Waals surface area contributed by atoms with Crippen LogP contribution in [0, 0.1) is 11.3 Å². The van der Waals surface area contributed by atoms with Crippen molar-refractivity contribution < 1.29 is 14.4 Å². The van der Waals surface area contributed by atoms with Gasteiger partial charge < -0.3 is 21.7 Å². The maximum atomic E-state index is 12.8. The fourth-order valence-corrected chi connectivity index (χ4v) is 4.18. The molecule has 0 unspecified atom stereocenters. The summed E-state index contributed by atoms with van der Waals surface area (Å²) >= 11 is 3.44. The van der Waals surface area contributed by atoms with Gasteiger partial charge in [-0.15, -0.1) is 6.58 Å². The van der Waals surface area contributed by atoms with Gasteiger partial charge in [-0.05, 0) is 55.4 Å². The quantitative estimate of drug-likeness (QED) is 0.117. The van der Waals surface area contributed by atoms with Gasteiger partial charge in [-0.2, -0.15) is 0 Å². The van der Waals surface area contributed by atoms with Crippen LogP contribution in [0.5, 0.6) is 0 Å². The van der Waals surface area contributed by atoms with Gasteiger partial charge in [0, 0.05) is 30.0 Å². The number of benzene rings is 1. The molecule has 0 saturated carbocycles. The average molecular weight is 619 g/mol. The van der Waals surface area contributed by atoms with Gasteiger partial charge in [0.1, 0.15) is 11.9 Å². The number of hydrazine groups is 1. The van der Waals surface area contributed by atoms with E-state index >= 15 is 0 Å². The number of carbonyl (C=O) groups excluding carboxylic acids is 3. The number of hydrogen-bond acceptors (Lipinski definition) is 7. The lowest BCUT2D eigenvalue weighted by Crippen LogP contribution is -2.54. The molecule has 0 spiro atoms. The standard InChI is InChI=1S/C29H44BrN7O3/c1-8-29(5,6)17-33-25(18(2)3)28(40)34-19(4)26(38)32-15-9-10-22(31)27(39)36-37(7)24-14-12-20-11-13-21(30)16-23(20)35-24/h8,11-14,16,18-19,22,25,33H,1,9-10,15,17,31H2,2-7H3,(H,32,38)(H,34,40)(H,36,39)/t19-,22-,25-/m0/s1. The molecule has 0 bridgehead atoms. The Kier molecular flexibility index (Phi) is 12.5. The van der Waals surface area contributed by atoms with Crippen molar-refractivity contribution in [2.45, 2.75) is 65.6 Å². The van der Waals surface area contributed by atoms with Crippen LogP contribution >= 0.6 is 15.9 Å². The zero-order valence-electron chi connectivity index (χ0n) is 24.4. The molecule has 1 heterocycles. The zero-order valence-corrected chi connectivity index (χ0v) is 26.0. The lowest BCUT2D eigenvalue weighted by atomic mass is 9.92. The van der Waals surface area contributed by atoms with E-state index < -0.39 is 18.1 Å². The summed E-state index contributed by atoms with van der Waals surface area (Å²) in [6.07, 6.45) is 2.72. The summed E-state index contributed by atoms with van der Waals surface area (Å²) in [5.41, 5.74) is 9.47. The highest BCUT2D eigenvalue weighted by Crippen LogP contribution is 2.21. The second-order valence-corrected chi connectivity index (χ2v) is 12.0. The number of anilines is 1. The molecule has 0 aliphatic rings. The van der Waals surface area contributed by atoms with Gasteiger partial charge in [-0.25, -0.2) is 4.98 Å². The Labute approximate surface area is 246 Å². The van der Waals surface area contributed by atoms with Gasteiger partial charge in [-0.3, -0.25) is 24.8 Å². The molecule has 0 saturated heterocycles. The van der Waals surface area contributed by atoms with Crippen molar-refractivity contribution in [3.8, 4) is 0 Å². The Balaban J connectivity index is 1.76. The third kappa shape index (κ3) is 10.2. The van der Waals surface area contributed by atoms with Crippen molar-refractivity contribution in [1.82, 2.24) is 26.4 Å². The highest BCUT2D eigenvalue weighted by Gasteiger charge is 2.27. The second kappa shape index (κ2) is 15.1. The SMILES string of the molecule is C=CC(C)(C)CN[C@H](C(=O)N[C@@H](C)C(=O)NCCC[C@H](N)C(=O)NN(C)c1ccc2ccc(Br)cc2n1)C(C)C. The van der Waals surface area contributed by atoms with Crippen LogP contribution in [0.1, 0.15) is 47.5 Å². The number of carbonyl (C=O) groups is 3. The summed E-state index contributed by atoms with van der Waals surface area (Å²) in [5, 5.41) is 11.4. The van der Waals surface area contributed by atoms with Crippen molar-refractivity contribution in [3.05, 3.63) is 47.5 Å². The van der Waals surface area contributed by atoms with Crippen LogP contribution in [0.15, 0.2) is 47.5 Å². The Morgan fingerprint density at radius 2 is 1.80 bits per heavy atom. The number of rotatable bonds is 15. The second-order valence-electron chi connectivity index (χ2n) is 11.1. The van der Waals surface area contributed by atoms with Crippen LogP contribution in [0.25, 0.3) is 10.9 Å². The maximum Gasteiger partial charge on any atom is 0.255 e. The van der Waals surface area contributed by atoms with E-state index in [0.29, 0.717) is 31.7 Å². The molecular weight excluding hydrogens is 574 g/mol. The number of hydrogen-bond donors (Lipinski definition) is 5. The van der Waals surface area contributed by atoms with E-state index in [1.165, 1.54) is 5.01 Å². The molecule has 40 heavy (non-hydrogen) atoms. The number of pyridine rings is 1. The summed E-state index contributed by atoms with van der Waals surface area (Å²) in [7, 11) is 1.70. The number of nitrogens with one attached hydrogen (secondary N) is 4. The van der Waals surface area contributed by atoms with Crippen molar-refractivity contribution in [3.63, 3.8) is 0 Å². The van der Waals surface area contributed by atoms with Crippen LogP contribution in [0.3, 0.4) is 0 Å². The summed E-state index contributed by atoms with van der Waals surface area (Å²) in [6, 6.07) is 7.67. The number of fused-ring (bicyclic) bond motifs is 1. The van der Waals surface area contributed by atoms with E-state index in [1.807, 2.05) is 64.1 Å². The van der Waals surface area contributed by atoms with Crippen molar-refractivity contribution in [1.29, 1.82) is 0 Å². The molecule has 2 rings (SSSR count). The molecule has 3 amide bonds. The number of aromatic nitrogens is 1. The molecule has 1 aromatic heterocycles. The van der Waals surface area contributed by atoms with Crippen LogP contribution in [-0.4, -0.2) is 61.0 Å². The third-order valence-corrected chi connectivity index (χ3v) is 7.11. The van der Waals surface area contributed by atoms with Gasteiger partial charge >= 0.3 is 0 Å². The van der Waals surface area contributed by atoms with Crippen LogP contribution in [0.2, 0.25) is 0 Å². The molecular formula is C29H44BrN7O3. The van der Waals surface area contributed by atoms with E-state index in [-0.39, 0.29) is 29.1 Å². The lowest BCUT2D eigenvalue weighted by Gasteiger charge is -2.28. The molecule has 0 aliphatic carbocycles. The first-order valence-electron chi connectivity index (χ1n) is 13.5. The van der Waals surface area contributed by atoms with Gasteiger partial charge in [0.25, 0.3) is 5.91 Å². The van der Waals surface area contributed by atoms with Crippen molar-refractivity contribution >= 4 is 50.4 Å². The predicted octanol–water partition coefficient (Wildman–Crippen LogP) is 3.02. The van der Waals surface area contributed by atoms with E-state index in [9.17, 15) is 14.4 Å². The van der Waals surface area contributed by atoms with Crippen LogP contribution in [0.4, 0.5) is 5.82 Å². The molecule has 0 aliphatic heterocycles. The molecule has 220 valence electrons. The first kappa shape index (κ1) is 33.2. The minimum absolute atomic E-state index is 0.0433. The fraction of sp³-hybridized carbons (Fsp3) is 0.517. The number of nitrogens with two attached hydrogens (primary N) is 1. The normalized spacial score (nSPS) is 13.8. The van der Waals surface area contributed by atoms with Crippen LogP contribution < -0.4 is 32.1 Å². The molecule has 1 aromatic carbocycles. The van der Waals surface area contributed by atoms with Crippen molar-refractivity contribution in [2.24, 2.45) is 17.1 Å². The summed E-state index contributed by atoms with van der Waals surface area (Å²) in [6.45, 7) is 14.4. The smallest absolute Gasteiger partial charge is 0.255 e. The highest BCUT2D eigenvalue weighted by molar-refractivity contribution is 9.10. The van der Waals surface area contributed by atoms with E-state index in [1.54, 1.807) is 14.0 Å². The Bertz CT molecular complexity index is 1190. The first-order chi connectivity index (χ1) is 18.7.